The molecule has 0 radical (unpaired) electrons. The molecule has 2 nitrogen and oxygen atoms in total. The van der Waals surface area contributed by atoms with E-state index in [9.17, 15) is 4.79 Å². The quantitative estimate of drug-likeness (QED) is 0.602. The van der Waals surface area contributed by atoms with Gasteiger partial charge in [-0.25, -0.2) is 0 Å². The van der Waals surface area contributed by atoms with E-state index in [0.717, 1.165) is 0 Å². The fourth-order valence-corrected chi connectivity index (χ4v) is 4.24. The minimum absolute atomic E-state index is 0. The summed E-state index contributed by atoms with van der Waals surface area (Å²) in [6.07, 6.45) is 0. The van der Waals surface area contributed by atoms with Crippen LogP contribution in [0.25, 0.3) is 0 Å². The van der Waals surface area contributed by atoms with E-state index in [1.54, 1.807) is 12.1 Å². The summed E-state index contributed by atoms with van der Waals surface area (Å²) in [5, 5.41) is 0. The zero-order valence-electron chi connectivity index (χ0n) is 13.5. The van der Waals surface area contributed by atoms with Crippen LogP contribution in [0, 0.1) is 5.41 Å². The van der Waals surface area contributed by atoms with E-state index >= 15 is 0 Å². The predicted molar refractivity (Wildman–Crippen MR) is 76.7 cm³/mol. The maximum atomic E-state index is 12.1. The molecule has 0 aromatic heterocycles. The predicted octanol–water partition coefficient (Wildman–Crippen LogP) is -1.50. The van der Waals surface area contributed by atoms with E-state index in [0.29, 0.717) is 5.56 Å². The van der Waals surface area contributed by atoms with Crippen molar-refractivity contribution in [3.8, 4) is 0 Å². The first-order valence-corrected chi connectivity index (χ1v) is 8.19. The molecule has 0 heterocycles. The second-order valence-electron chi connectivity index (χ2n) is 5.73. The molecule has 1 aromatic rings. The molecule has 1 aliphatic rings. The molecule has 0 saturated carbocycles. The van der Waals surface area contributed by atoms with Gasteiger partial charge >= 0.3 is 130 Å². The van der Waals surface area contributed by atoms with Crippen molar-refractivity contribution in [2.45, 2.75) is 34.6 Å². The van der Waals surface area contributed by atoms with E-state index in [-0.39, 0.29) is 36.2 Å². The largest absolute Gasteiger partial charge is 1.00 e. The van der Waals surface area contributed by atoms with Crippen LogP contribution in [0.2, 0.25) is 0 Å². The molecule has 0 unspecified atom stereocenters. The Bertz CT molecular complexity index is 604. The molecule has 2 rings (SSSR count). The Balaban J connectivity index is 0.00000220. The zero-order chi connectivity index (χ0) is 14.9. The third-order valence-corrected chi connectivity index (χ3v) is 6.65. The molecule has 1 aliphatic carbocycles. The standard InChI is InChI=1S/C10H15.C7H6O2.2ClH.Ti/c1-7-6-10(4,5)9(3)8(7)2;8-7(9)6-4-2-1-3-5-6;;;/h1-5H3;1-5H,(H,8,9);2*1H;/q;;;;+3/p-3. The molecule has 0 bridgehead atoms. The normalized spacial score (nSPS) is 15.7. The number of hydrogen-bond donors (Lipinski definition) is 0. The smallest absolute Gasteiger partial charge is 1.00 e. The summed E-state index contributed by atoms with van der Waals surface area (Å²) < 4.78 is 6.95. The van der Waals surface area contributed by atoms with Gasteiger partial charge in [0.05, 0.1) is 0 Å². The Kier molecular flexibility index (Phi) is 8.15. The molecule has 0 N–H and O–H groups in total. The van der Waals surface area contributed by atoms with Crippen molar-refractivity contribution in [2.75, 3.05) is 0 Å². The third kappa shape index (κ3) is 4.05. The van der Waals surface area contributed by atoms with Crippen LogP contribution in [0.5, 0.6) is 0 Å². The van der Waals surface area contributed by atoms with Crippen LogP contribution in [0.1, 0.15) is 45.0 Å². The third-order valence-electron chi connectivity index (χ3n) is 4.32. The van der Waals surface area contributed by atoms with Gasteiger partial charge in [-0.05, 0) is 0 Å². The van der Waals surface area contributed by atoms with Crippen LogP contribution in [0.3, 0.4) is 0 Å². The summed E-state index contributed by atoms with van der Waals surface area (Å²) >= 11 is -0.891. The molecular weight excluding hydrogens is 355 g/mol. The average Bonchev–Trinajstić information content (AvgIpc) is 2.59. The van der Waals surface area contributed by atoms with Crippen LogP contribution < -0.4 is 24.8 Å². The summed E-state index contributed by atoms with van der Waals surface area (Å²) in [5.41, 5.74) is 4.72. The Hall–Kier alpha value is -0.536. The first-order valence-electron chi connectivity index (χ1n) is 6.77. The van der Waals surface area contributed by atoms with Crippen molar-refractivity contribution in [2.24, 2.45) is 5.41 Å². The molecule has 118 valence electrons. The van der Waals surface area contributed by atoms with Crippen LogP contribution >= 0.6 is 0 Å². The second-order valence-corrected chi connectivity index (χ2v) is 7.15. The molecule has 0 fully saturated rings. The number of rotatable bonds is 3. The number of hydrogen-bond acceptors (Lipinski definition) is 2. The molecule has 1 aromatic carbocycles. The van der Waals surface area contributed by atoms with E-state index in [1.165, 1.54) is 20.6 Å². The van der Waals surface area contributed by atoms with Crippen molar-refractivity contribution in [1.82, 2.24) is 0 Å². The first kappa shape index (κ1) is 21.5. The Morgan fingerprint density at radius 3 is 2.00 bits per heavy atom. The molecule has 5 heteroatoms. The zero-order valence-corrected chi connectivity index (χ0v) is 16.5. The topological polar surface area (TPSA) is 26.3 Å². The SMILES string of the molecule is CC1=C(C)C(C)(C)[C]([Ti+2][O]C(=O)c2ccccc2)=C1C.[Cl-].[Cl-]. The molecule has 22 heavy (non-hydrogen) atoms. The van der Waals surface area contributed by atoms with E-state index in [4.69, 9.17) is 3.32 Å². The van der Waals surface area contributed by atoms with Gasteiger partial charge in [-0.2, -0.15) is 0 Å². The van der Waals surface area contributed by atoms with Crippen LogP contribution in [-0.2, 0) is 22.9 Å². The fraction of sp³-hybridized carbons (Fsp3) is 0.353. The summed E-state index contributed by atoms with van der Waals surface area (Å²) in [5.74, 6) is -0.205. The number of allylic oxidation sites excluding steroid dienone is 4. The Morgan fingerprint density at radius 1 is 1.00 bits per heavy atom. The summed E-state index contributed by atoms with van der Waals surface area (Å²) in [4.78, 5) is 12.1. The van der Waals surface area contributed by atoms with Crippen molar-refractivity contribution < 1.29 is 52.5 Å². The fourth-order valence-electron chi connectivity index (χ4n) is 2.53. The molecule has 0 amide bonds. The summed E-state index contributed by atoms with van der Waals surface area (Å²) in [6, 6.07) is 9.21. The van der Waals surface area contributed by atoms with Crippen molar-refractivity contribution in [1.29, 1.82) is 0 Å². The van der Waals surface area contributed by atoms with E-state index in [2.05, 4.69) is 34.6 Å². The number of carbonyl (C=O) groups is 1. The van der Waals surface area contributed by atoms with E-state index < -0.39 is 19.5 Å². The summed E-state index contributed by atoms with van der Waals surface area (Å²) in [6.45, 7) is 10.9. The Labute approximate surface area is 154 Å². The van der Waals surface area contributed by atoms with Crippen molar-refractivity contribution >= 4 is 5.97 Å². The van der Waals surface area contributed by atoms with Gasteiger partial charge in [-0.3, -0.25) is 0 Å². The van der Waals surface area contributed by atoms with Crippen LogP contribution in [0.15, 0.2) is 50.9 Å². The molecule has 0 spiro atoms. The Morgan fingerprint density at radius 2 is 1.55 bits per heavy atom. The van der Waals surface area contributed by atoms with Crippen molar-refractivity contribution in [3.05, 3.63) is 56.5 Å². The van der Waals surface area contributed by atoms with Gasteiger partial charge in [-0.1, -0.05) is 0 Å². The van der Waals surface area contributed by atoms with Gasteiger partial charge in [0.2, 0.25) is 0 Å². The monoisotopic (exact) mass is 374 g/mol. The number of carbonyl (C=O) groups excluding carboxylic acids is 1. The van der Waals surface area contributed by atoms with Gasteiger partial charge in [0, 0.05) is 0 Å². The minimum Gasteiger partial charge on any atom is -1.00 e. The maximum absolute atomic E-state index is 12.1. The first-order chi connectivity index (χ1) is 9.35. The van der Waals surface area contributed by atoms with Gasteiger partial charge in [0.1, 0.15) is 0 Å². The van der Waals surface area contributed by atoms with Crippen LogP contribution in [0.4, 0.5) is 0 Å². The number of benzene rings is 1. The molecule has 0 saturated heterocycles. The number of halogens is 2. The minimum atomic E-state index is -0.891. The van der Waals surface area contributed by atoms with Gasteiger partial charge in [-0.15, -0.1) is 0 Å². The van der Waals surface area contributed by atoms with Crippen molar-refractivity contribution in [3.63, 3.8) is 0 Å². The maximum Gasteiger partial charge on any atom is -1.00 e. The summed E-state index contributed by atoms with van der Waals surface area (Å²) in [7, 11) is 0. The molecule has 0 aliphatic heterocycles. The second kappa shape index (κ2) is 8.35. The van der Waals surface area contributed by atoms with E-state index in [1.807, 2.05) is 18.2 Å². The average molecular weight is 375 g/mol. The van der Waals surface area contributed by atoms with Gasteiger partial charge < -0.3 is 24.8 Å². The molecular formula is C17H20Cl2O2Ti. The van der Waals surface area contributed by atoms with Crippen LogP contribution in [-0.4, -0.2) is 5.97 Å². The van der Waals surface area contributed by atoms with Gasteiger partial charge in [0.25, 0.3) is 0 Å². The van der Waals surface area contributed by atoms with Gasteiger partial charge in [0.15, 0.2) is 0 Å². The molecule has 0 atom stereocenters.